The van der Waals surface area contributed by atoms with Gasteiger partial charge in [0.25, 0.3) is 0 Å². The molecule has 158 valence electrons. The van der Waals surface area contributed by atoms with Crippen LogP contribution in [0.4, 0.5) is 4.79 Å². The molecule has 1 saturated heterocycles. The molecule has 1 aromatic carbocycles. The Kier molecular flexibility index (Phi) is 5.09. The zero-order valence-electron chi connectivity index (χ0n) is 17.5. The Morgan fingerprint density at radius 3 is 2.66 bits per heavy atom. The minimum Gasteiger partial charge on any atom is -0.467 e. The normalized spacial score (nSPS) is 28.1. The monoisotopic (exact) mass is 403 g/mol. The molecule has 0 radical (unpaired) electrons. The van der Waals surface area contributed by atoms with Crippen molar-refractivity contribution in [2.45, 2.75) is 70.1 Å². The second kappa shape index (κ2) is 7.43. The number of hydrogen-bond donors (Lipinski definition) is 0. The average Bonchev–Trinajstić information content (AvgIpc) is 3.29. The van der Waals surface area contributed by atoms with E-state index in [2.05, 4.69) is 6.07 Å². The fraction of sp³-hybridized carbons (Fsp3) is 0.636. The van der Waals surface area contributed by atoms with E-state index in [0.717, 1.165) is 36.3 Å². The van der Waals surface area contributed by atoms with Crippen LogP contribution < -0.4 is 9.47 Å². The SMILES string of the molecule is COC(=O)[C@@H]1C[C@@H]2CC[C@H](c3cccc4c3OCO4)C[C@@H]2N1C(=O)OC(C)(C)C. The number of nitrogens with zero attached hydrogens (tertiary/aromatic N) is 1. The zero-order valence-corrected chi connectivity index (χ0v) is 17.5. The van der Waals surface area contributed by atoms with Crippen LogP contribution in [-0.2, 0) is 14.3 Å². The molecule has 4 atom stereocenters. The lowest BCUT2D eigenvalue weighted by atomic mass is 9.75. The summed E-state index contributed by atoms with van der Waals surface area (Å²) in [4.78, 5) is 27.1. The Morgan fingerprint density at radius 1 is 1.14 bits per heavy atom. The summed E-state index contributed by atoms with van der Waals surface area (Å²) in [6.45, 7) is 5.74. The molecule has 0 aromatic heterocycles. The molecule has 4 rings (SSSR count). The number of carbonyl (C=O) groups is 2. The second-order valence-electron chi connectivity index (χ2n) is 9.08. The Labute approximate surface area is 171 Å². The summed E-state index contributed by atoms with van der Waals surface area (Å²) in [6, 6.07) is 5.30. The van der Waals surface area contributed by atoms with E-state index in [9.17, 15) is 9.59 Å². The van der Waals surface area contributed by atoms with E-state index in [-0.39, 0.29) is 30.6 Å². The van der Waals surface area contributed by atoms with Crippen molar-refractivity contribution in [3.63, 3.8) is 0 Å². The van der Waals surface area contributed by atoms with Crippen molar-refractivity contribution in [2.75, 3.05) is 13.9 Å². The number of likely N-dealkylation sites (tertiary alicyclic amines) is 1. The smallest absolute Gasteiger partial charge is 0.411 e. The van der Waals surface area contributed by atoms with Crippen molar-refractivity contribution < 1.29 is 28.5 Å². The predicted molar refractivity (Wildman–Crippen MR) is 105 cm³/mol. The lowest BCUT2D eigenvalue weighted by Crippen LogP contribution is -2.49. The molecule has 7 heteroatoms. The standard InChI is InChI=1S/C22H29NO6/c1-22(2,3)29-21(25)23-16-10-13(8-9-14(16)11-17(23)20(24)26-4)15-6-5-7-18-19(15)28-12-27-18/h5-7,13-14,16-17H,8-12H2,1-4H3/t13-,14-,16-,17-/m0/s1. The number of fused-ring (bicyclic) bond motifs is 2. The van der Waals surface area contributed by atoms with Crippen molar-refractivity contribution in [3.8, 4) is 11.5 Å². The van der Waals surface area contributed by atoms with Gasteiger partial charge in [-0.1, -0.05) is 12.1 Å². The lowest BCUT2D eigenvalue weighted by Gasteiger charge is -2.37. The maximum Gasteiger partial charge on any atom is 0.411 e. The van der Waals surface area contributed by atoms with Gasteiger partial charge in [0.15, 0.2) is 11.5 Å². The number of ether oxygens (including phenoxy) is 4. The van der Waals surface area contributed by atoms with Crippen molar-refractivity contribution in [2.24, 2.45) is 5.92 Å². The van der Waals surface area contributed by atoms with Crippen molar-refractivity contribution in [1.29, 1.82) is 0 Å². The molecule has 1 saturated carbocycles. The number of esters is 1. The van der Waals surface area contributed by atoms with E-state index in [1.807, 2.05) is 32.9 Å². The van der Waals surface area contributed by atoms with Gasteiger partial charge in [-0.2, -0.15) is 0 Å². The third kappa shape index (κ3) is 3.74. The highest BCUT2D eigenvalue weighted by atomic mass is 16.7. The second-order valence-corrected chi connectivity index (χ2v) is 9.08. The molecule has 0 unspecified atom stereocenters. The maximum atomic E-state index is 13.0. The van der Waals surface area contributed by atoms with Crippen LogP contribution in [0.5, 0.6) is 11.5 Å². The summed E-state index contributed by atoms with van der Waals surface area (Å²) in [7, 11) is 1.37. The van der Waals surface area contributed by atoms with E-state index in [4.69, 9.17) is 18.9 Å². The first kappa shape index (κ1) is 19.9. The number of para-hydroxylation sites is 1. The number of methoxy groups -OCH3 is 1. The van der Waals surface area contributed by atoms with Gasteiger partial charge in [0.2, 0.25) is 6.79 Å². The highest BCUT2D eigenvalue weighted by molar-refractivity contribution is 5.82. The molecule has 29 heavy (non-hydrogen) atoms. The number of carbonyl (C=O) groups excluding carboxylic acids is 2. The third-order valence-corrected chi connectivity index (χ3v) is 6.12. The first-order valence-corrected chi connectivity index (χ1v) is 10.3. The van der Waals surface area contributed by atoms with E-state index < -0.39 is 17.7 Å². The lowest BCUT2D eigenvalue weighted by molar-refractivity contribution is -0.146. The van der Waals surface area contributed by atoms with Gasteiger partial charge in [-0.3, -0.25) is 4.90 Å². The van der Waals surface area contributed by atoms with Gasteiger partial charge in [-0.05, 0) is 64.4 Å². The minimum absolute atomic E-state index is 0.0640. The van der Waals surface area contributed by atoms with Gasteiger partial charge < -0.3 is 18.9 Å². The highest BCUT2D eigenvalue weighted by Crippen LogP contribution is 2.49. The Morgan fingerprint density at radius 2 is 1.93 bits per heavy atom. The van der Waals surface area contributed by atoms with E-state index in [1.165, 1.54) is 7.11 Å². The highest BCUT2D eigenvalue weighted by Gasteiger charge is 2.51. The molecule has 0 bridgehead atoms. The first-order chi connectivity index (χ1) is 13.8. The molecule has 3 aliphatic rings. The zero-order chi connectivity index (χ0) is 20.8. The maximum absolute atomic E-state index is 13.0. The quantitative estimate of drug-likeness (QED) is 0.699. The summed E-state index contributed by atoms with van der Waals surface area (Å²) in [5, 5.41) is 0. The van der Waals surface area contributed by atoms with Gasteiger partial charge in [-0.25, -0.2) is 9.59 Å². The van der Waals surface area contributed by atoms with Crippen LogP contribution in [-0.4, -0.2) is 48.5 Å². The Balaban J connectivity index is 1.61. The molecule has 0 N–H and O–H groups in total. The molecule has 0 spiro atoms. The Hall–Kier alpha value is -2.44. The molecule has 1 aromatic rings. The largest absolute Gasteiger partial charge is 0.467 e. The van der Waals surface area contributed by atoms with Crippen LogP contribution in [0.2, 0.25) is 0 Å². The summed E-state index contributed by atoms with van der Waals surface area (Å²) in [5.41, 5.74) is 0.485. The molecule has 2 fully saturated rings. The fourth-order valence-electron chi connectivity index (χ4n) is 4.94. The van der Waals surface area contributed by atoms with Gasteiger partial charge in [0, 0.05) is 11.6 Å². The molecule has 2 aliphatic heterocycles. The van der Waals surface area contributed by atoms with Crippen LogP contribution in [0.3, 0.4) is 0 Å². The van der Waals surface area contributed by atoms with Gasteiger partial charge in [0.1, 0.15) is 11.6 Å². The van der Waals surface area contributed by atoms with Gasteiger partial charge in [0.05, 0.1) is 7.11 Å². The summed E-state index contributed by atoms with van der Waals surface area (Å²) < 4.78 is 21.9. The predicted octanol–water partition coefficient (Wildman–Crippen LogP) is 3.85. The molecular formula is C22H29NO6. The van der Waals surface area contributed by atoms with Crippen molar-refractivity contribution in [3.05, 3.63) is 23.8 Å². The number of amides is 1. The fourth-order valence-corrected chi connectivity index (χ4v) is 4.94. The molecular weight excluding hydrogens is 374 g/mol. The van der Waals surface area contributed by atoms with Crippen molar-refractivity contribution in [1.82, 2.24) is 4.90 Å². The third-order valence-electron chi connectivity index (χ3n) is 6.12. The van der Waals surface area contributed by atoms with E-state index in [0.29, 0.717) is 6.42 Å². The van der Waals surface area contributed by atoms with Crippen LogP contribution in [0, 0.1) is 5.92 Å². The van der Waals surface area contributed by atoms with Crippen LogP contribution in [0.25, 0.3) is 0 Å². The summed E-state index contributed by atoms with van der Waals surface area (Å²) >= 11 is 0. The van der Waals surface area contributed by atoms with Crippen LogP contribution >= 0.6 is 0 Å². The molecule has 1 amide bonds. The van der Waals surface area contributed by atoms with Gasteiger partial charge >= 0.3 is 12.1 Å². The molecule has 7 nitrogen and oxygen atoms in total. The van der Waals surface area contributed by atoms with E-state index >= 15 is 0 Å². The molecule has 2 heterocycles. The average molecular weight is 403 g/mol. The number of benzene rings is 1. The summed E-state index contributed by atoms with van der Waals surface area (Å²) in [5.74, 6) is 1.69. The Bertz CT molecular complexity index is 801. The minimum atomic E-state index is -0.630. The number of rotatable bonds is 2. The van der Waals surface area contributed by atoms with E-state index in [1.54, 1.807) is 4.90 Å². The molecule has 1 aliphatic carbocycles. The summed E-state index contributed by atoms with van der Waals surface area (Å²) in [6.07, 6.45) is 2.86. The van der Waals surface area contributed by atoms with Crippen LogP contribution in [0.1, 0.15) is 57.9 Å². The number of hydrogen-bond acceptors (Lipinski definition) is 6. The van der Waals surface area contributed by atoms with Gasteiger partial charge in [-0.15, -0.1) is 0 Å². The first-order valence-electron chi connectivity index (χ1n) is 10.3. The van der Waals surface area contributed by atoms with Crippen molar-refractivity contribution >= 4 is 12.1 Å². The van der Waals surface area contributed by atoms with Crippen LogP contribution in [0.15, 0.2) is 18.2 Å². The topological polar surface area (TPSA) is 74.3 Å².